The Morgan fingerprint density at radius 1 is 1.28 bits per heavy atom. The molecule has 3 heterocycles. The van der Waals surface area contributed by atoms with Crippen molar-refractivity contribution in [3.63, 3.8) is 0 Å². The Kier molecular flexibility index (Phi) is 2.72. The van der Waals surface area contributed by atoms with E-state index in [1.54, 1.807) is 12.3 Å². The summed E-state index contributed by atoms with van der Waals surface area (Å²) in [4.78, 5) is 12.9. The van der Waals surface area contributed by atoms with Crippen LogP contribution in [-0.4, -0.2) is 19.4 Å². The summed E-state index contributed by atoms with van der Waals surface area (Å²) in [5.41, 5.74) is 2.67. The predicted molar refractivity (Wildman–Crippen MR) is 70.6 cm³/mol. The van der Waals surface area contributed by atoms with Crippen molar-refractivity contribution >= 4 is 17.2 Å². The Bertz CT molecular complexity index is 705. The number of hydrogen-bond donors (Lipinski definition) is 0. The van der Waals surface area contributed by atoms with Crippen molar-refractivity contribution in [2.24, 2.45) is 0 Å². The van der Waals surface area contributed by atoms with Crippen LogP contribution >= 0.6 is 11.6 Å². The molecule has 0 radical (unpaired) electrons. The van der Waals surface area contributed by atoms with Crippen LogP contribution in [0.3, 0.4) is 0 Å². The largest absolute Gasteiger partial charge is 0.298 e. The Labute approximate surface area is 109 Å². The molecule has 0 aliphatic rings. The van der Waals surface area contributed by atoms with Crippen LogP contribution < -0.4 is 0 Å². The fourth-order valence-corrected chi connectivity index (χ4v) is 2.11. The van der Waals surface area contributed by atoms with Crippen molar-refractivity contribution in [2.45, 2.75) is 13.3 Å². The number of imidazole rings is 1. The second-order valence-corrected chi connectivity index (χ2v) is 4.30. The maximum absolute atomic E-state index is 6.03. The standard InChI is InChI=1S/C13H11ClN4/c1-2-12-16-9(8-11(14)17-12)10-4-3-5-13-15-6-7-18(10)13/h3-8H,2H2,1H3. The van der Waals surface area contributed by atoms with Gasteiger partial charge in [0.05, 0.1) is 11.4 Å². The van der Waals surface area contributed by atoms with E-state index < -0.39 is 0 Å². The van der Waals surface area contributed by atoms with Gasteiger partial charge in [-0.15, -0.1) is 0 Å². The van der Waals surface area contributed by atoms with Crippen LogP contribution in [0.15, 0.2) is 36.7 Å². The van der Waals surface area contributed by atoms with E-state index in [-0.39, 0.29) is 0 Å². The van der Waals surface area contributed by atoms with Crippen molar-refractivity contribution in [1.82, 2.24) is 19.4 Å². The molecule has 0 aliphatic carbocycles. The number of halogens is 1. The van der Waals surface area contributed by atoms with E-state index in [1.807, 2.05) is 35.7 Å². The Morgan fingerprint density at radius 3 is 3.00 bits per heavy atom. The zero-order valence-electron chi connectivity index (χ0n) is 9.84. The lowest BCUT2D eigenvalue weighted by atomic mass is 10.2. The quantitative estimate of drug-likeness (QED) is 0.664. The summed E-state index contributed by atoms with van der Waals surface area (Å²) >= 11 is 6.03. The molecule has 18 heavy (non-hydrogen) atoms. The zero-order chi connectivity index (χ0) is 12.5. The van der Waals surface area contributed by atoms with Gasteiger partial charge < -0.3 is 0 Å². The third-order valence-electron chi connectivity index (χ3n) is 2.75. The van der Waals surface area contributed by atoms with Crippen LogP contribution in [0.2, 0.25) is 5.15 Å². The highest BCUT2D eigenvalue weighted by atomic mass is 35.5. The highest BCUT2D eigenvalue weighted by molar-refractivity contribution is 6.29. The van der Waals surface area contributed by atoms with E-state index in [9.17, 15) is 0 Å². The normalized spacial score (nSPS) is 11.0. The summed E-state index contributed by atoms with van der Waals surface area (Å²) in [5.74, 6) is 0.745. The van der Waals surface area contributed by atoms with Gasteiger partial charge in [0.25, 0.3) is 0 Å². The first-order chi connectivity index (χ1) is 8.78. The third-order valence-corrected chi connectivity index (χ3v) is 2.94. The molecule has 0 bridgehead atoms. The molecule has 0 spiro atoms. The second-order valence-electron chi connectivity index (χ2n) is 3.91. The molecular formula is C13H11ClN4. The Hall–Kier alpha value is -1.94. The van der Waals surface area contributed by atoms with E-state index in [0.29, 0.717) is 5.15 Å². The van der Waals surface area contributed by atoms with Crippen LogP contribution in [0.25, 0.3) is 17.0 Å². The number of fused-ring (bicyclic) bond motifs is 1. The summed E-state index contributed by atoms with van der Waals surface area (Å²) in [6, 6.07) is 7.68. The van der Waals surface area contributed by atoms with Crippen molar-refractivity contribution in [3.8, 4) is 11.4 Å². The summed E-state index contributed by atoms with van der Waals surface area (Å²) in [7, 11) is 0. The third kappa shape index (κ3) is 1.84. The lowest BCUT2D eigenvalue weighted by molar-refractivity contribution is 0.938. The number of nitrogens with zero attached hydrogens (tertiary/aromatic N) is 4. The van der Waals surface area contributed by atoms with Crippen LogP contribution in [-0.2, 0) is 6.42 Å². The second kappa shape index (κ2) is 4.38. The van der Waals surface area contributed by atoms with Gasteiger partial charge in [0, 0.05) is 24.9 Å². The SMILES string of the molecule is CCc1nc(Cl)cc(-c2cccc3nccn23)n1. The van der Waals surface area contributed by atoms with Crippen molar-refractivity contribution in [1.29, 1.82) is 0 Å². The summed E-state index contributed by atoms with van der Waals surface area (Å²) in [6.07, 6.45) is 4.43. The molecule has 90 valence electrons. The van der Waals surface area contributed by atoms with Gasteiger partial charge in [0.1, 0.15) is 16.6 Å². The van der Waals surface area contributed by atoms with E-state index in [2.05, 4.69) is 15.0 Å². The molecule has 3 rings (SSSR count). The molecule has 0 fully saturated rings. The predicted octanol–water partition coefficient (Wildman–Crippen LogP) is 3.01. The van der Waals surface area contributed by atoms with E-state index in [4.69, 9.17) is 11.6 Å². The maximum Gasteiger partial charge on any atom is 0.137 e. The highest BCUT2D eigenvalue weighted by Crippen LogP contribution is 2.21. The van der Waals surface area contributed by atoms with Crippen molar-refractivity contribution in [2.75, 3.05) is 0 Å². The first kappa shape index (κ1) is 11.2. The molecule has 0 N–H and O–H groups in total. The highest BCUT2D eigenvalue weighted by Gasteiger charge is 2.08. The average molecular weight is 259 g/mol. The van der Waals surface area contributed by atoms with Gasteiger partial charge >= 0.3 is 0 Å². The smallest absolute Gasteiger partial charge is 0.137 e. The number of aromatic nitrogens is 4. The molecule has 0 saturated carbocycles. The number of rotatable bonds is 2. The van der Waals surface area contributed by atoms with E-state index in [1.165, 1.54) is 0 Å². The topological polar surface area (TPSA) is 43.1 Å². The van der Waals surface area contributed by atoms with E-state index in [0.717, 1.165) is 29.3 Å². The molecule has 5 heteroatoms. The first-order valence-electron chi connectivity index (χ1n) is 5.74. The van der Waals surface area contributed by atoms with Gasteiger partial charge in [-0.2, -0.15) is 0 Å². The molecular weight excluding hydrogens is 248 g/mol. The zero-order valence-corrected chi connectivity index (χ0v) is 10.6. The molecule has 0 amide bonds. The maximum atomic E-state index is 6.03. The fourth-order valence-electron chi connectivity index (χ4n) is 1.91. The van der Waals surface area contributed by atoms with Crippen LogP contribution in [0.5, 0.6) is 0 Å². The molecule has 0 saturated heterocycles. The van der Waals surface area contributed by atoms with Gasteiger partial charge in [0.15, 0.2) is 0 Å². The molecule has 0 atom stereocenters. The van der Waals surface area contributed by atoms with Gasteiger partial charge in [-0.1, -0.05) is 24.6 Å². The minimum Gasteiger partial charge on any atom is -0.298 e. The molecule has 3 aromatic heterocycles. The van der Waals surface area contributed by atoms with Gasteiger partial charge in [-0.05, 0) is 12.1 Å². The number of aryl methyl sites for hydroxylation is 1. The number of hydrogen-bond acceptors (Lipinski definition) is 3. The van der Waals surface area contributed by atoms with Crippen LogP contribution in [0, 0.1) is 0 Å². The molecule has 3 aromatic rings. The van der Waals surface area contributed by atoms with Gasteiger partial charge in [-0.25, -0.2) is 15.0 Å². The van der Waals surface area contributed by atoms with Gasteiger partial charge in [0.2, 0.25) is 0 Å². The molecule has 0 aliphatic heterocycles. The average Bonchev–Trinajstić information content (AvgIpc) is 2.85. The summed E-state index contributed by atoms with van der Waals surface area (Å²) in [5, 5.41) is 0.467. The Morgan fingerprint density at radius 2 is 2.17 bits per heavy atom. The van der Waals surface area contributed by atoms with Gasteiger partial charge in [-0.3, -0.25) is 4.40 Å². The monoisotopic (exact) mass is 258 g/mol. The van der Waals surface area contributed by atoms with E-state index >= 15 is 0 Å². The van der Waals surface area contributed by atoms with Crippen molar-refractivity contribution < 1.29 is 0 Å². The van der Waals surface area contributed by atoms with Crippen LogP contribution in [0.1, 0.15) is 12.7 Å². The molecule has 4 nitrogen and oxygen atoms in total. The summed E-state index contributed by atoms with van der Waals surface area (Å²) < 4.78 is 1.98. The molecule has 0 aromatic carbocycles. The number of pyridine rings is 1. The Balaban J connectivity index is 2.25. The minimum absolute atomic E-state index is 0.467. The lowest BCUT2D eigenvalue weighted by Gasteiger charge is -2.06. The molecule has 0 unspecified atom stereocenters. The fraction of sp³-hybridized carbons (Fsp3) is 0.154. The lowest BCUT2D eigenvalue weighted by Crippen LogP contribution is -1.98. The van der Waals surface area contributed by atoms with Crippen LogP contribution in [0.4, 0.5) is 0 Å². The van der Waals surface area contributed by atoms with Crippen molar-refractivity contribution in [3.05, 3.63) is 47.6 Å². The summed E-state index contributed by atoms with van der Waals surface area (Å²) in [6.45, 7) is 2.01. The first-order valence-corrected chi connectivity index (χ1v) is 6.11. The minimum atomic E-state index is 0.467.